The van der Waals surface area contributed by atoms with Crippen LogP contribution in [-0.2, 0) is 6.54 Å². The van der Waals surface area contributed by atoms with Crippen LogP contribution < -0.4 is 10.9 Å². The van der Waals surface area contributed by atoms with Gasteiger partial charge in [-0.25, -0.2) is 4.68 Å². The summed E-state index contributed by atoms with van der Waals surface area (Å²) in [6.45, 7) is 8.53. The van der Waals surface area contributed by atoms with Crippen LogP contribution in [0.1, 0.15) is 43.6 Å². The van der Waals surface area contributed by atoms with Gasteiger partial charge in [-0.2, -0.15) is 5.10 Å². The molecule has 1 aliphatic heterocycles. The largest absolute Gasteiger partial charge is 0.351 e. The van der Waals surface area contributed by atoms with Crippen molar-refractivity contribution >= 4 is 16.7 Å². The summed E-state index contributed by atoms with van der Waals surface area (Å²) in [5.41, 5.74) is 0.196. The van der Waals surface area contributed by atoms with Crippen molar-refractivity contribution in [2.75, 3.05) is 26.2 Å². The van der Waals surface area contributed by atoms with Gasteiger partial charge in [-0.15, -0.1) is 0 Å². The van der Waals surface area contributed by atoms with Crippen LogP contribution in [0.5, 0.6) is 0 Å². The Bertz CT molecular complexity index is 822. The summed E-state index contributed by atoms with van der Waals surface area (Å²) in [5.74, 6) is 0.0675. The normalized spacial score (nSPS) is 15.0. The molecule has 1 saturated heterocycles. The monoisotopic (exact) mass is 356 g/mol. The highest BCUT2D eigenvalue weighted by Crippen LogP contribution is 2.14. The van der Waals surface area contributed by atoms with E-state index in [1.807, 2.05) is 26.0 Å². The van der Waals surface area contributed by atoms with Gasteiger partial charge >= 0.3 is 0 Å². The maximum Gasteiger partial charge on any atom is 0.274 e. The third kappa shape index (κ3) is 4.30. The molecule has 1 fully saturated rings. The van der Waals surface area contributed by atoms with Crippen molar-refractivity contribution in [3.05, 3.63) is 40.3 Å². The van der Waals surface area contributed by atoms with Crippen molar-refractivity contribution in [3.8, 4) is 0 Å². The third-order valence-corrected chi connectivity index (χ3v) is 4.76. The topological polar surface area (TPSA) is 67.2 Å². The Kier molecular flexibility index (Phi) is 6.04. The summed E-state index contributed by atoms with van der Waals surface area (Å²) in [5, 5.41) is 8.52. The Morgan fingerprint density at radius 1 is 1.19 bits per heavy atom. The number of hydrogen-bond acceptors (Lipinski definition) is 4. The molecule has 2 aromatic rings. The minimum absolute atomic E-state index is 0.139. The van der Waals surface area contributed by atoms with E-state index < -0.39 is 0 Å². The number of rotatable bonds is 7. The molecular formula is C20H28N4O2. The summed E-state index contributed by atoms with van der Waals surface area (Å²) in [6.07, 6.45) is 3.48. The Balaban J connectivity index is 1.75. The molecule has 0 unspecified atom stereocenters. The van der Waals surface area contributed by atoms with E-state index in [4.69, 9.17) is 0 Å². The highest BCUT2D eigenvalue weighted by atomic mass is 16.2. The molecular weight excluding hydrogens is 328 g/mol. The van der Waals surface area contributed by atoms with Gasteiger partial charge in [-0.05, 0) is 50.9 Å². The molecule has 1 amide bonds. The Morgan fingerprint density at radius 3 is 2.58 bits per heavy atom. The summed E-state index contributed by atoms with van der Waals surface area (Å²) in [7, 11) is 0. The average Bonchev–Trinajstić information content (AvgIpc) is 3.14. The van der Waals surface area contributed by atoms with Gasteiger partial charge < -0.3 is 10.2 Å². The molecule has 1 N–H and O–H groups in total. The SMILES string of the molecule is CC(C)Cn1nc(C(=O)NCCCN2CCCC2)c2ccccc2c1=O. The van der Waals surface area contributed by atoms with Gasteiger partial charge in [-0.1, -0.05) is 32.0 Å². The lowest BCUT2D eigenvalue weighted by Gasteiger charge is -2.15. The first-order valence-corrected chi connectivity index (χ1v) is 9.56. The molecule has 0 bridgehead atoms. The van der Waals surface area contributed by atoms with Crippen molar-refractivity contribution in [3.63, 3.8) is 0 Å². The fraction of sp³-hybridized carbons (Fsp3) is 0.550. The van der Waals surface area contributed by atoms with Gasteiger partial charge in [0.1, 0.15) is 0 Å². The van der Waals surface area contributed by atoms with Gasteiger partial charge in [-0.3, -0.25) is 9.59 Å². The molecule has 1 aromatic heterocycles. The molecule has 1 aromatic carbocycles. The second-order valence-electron chi connectivity index (χ2n) is 7.43. The Hall–Kier alpha value is -2.21. The van der Waals surface area contributed by atoms with Crippen LogP contribution in [0, 0.1) is 5.92 Å². The summed E-state index contributed by atoms with van der Waals surface area (Å²) >= 11 is 0. The highest BCUT2D eigenvalue weighted by molar-refractivity contribution is 6.04. The number of likely N-dealkylation sites (tertiary alicyclic amines) is 1. The number of fused-ring (bicyclic) bond motifs is 1. The van der Waals surface area contributed by atoms with Crippen LogP contribution >= 0.6 is 0 Å². The number of carbonyl (C=O) groups excluding carboxylic acids is 1. The van der Waals surface area contributed by atoms with Crippen molar-refractivity contribution in [2.24, 2.45) is 5.92 Å². The average molecular weight is 356 g/mol. The predicted molar refractivity (Wildman–Crippen MR) is 103 cm³/mol. The Labute approximate surface area is 154 Å². The number of aromatic nitrogens is 2. The molecule has 6 nitrogen and oxygen atoms in total. The van der Waals surface area contributed by atoms with Crippen LogP contribution in [0.15, 0.2) is 29.1 Å². The molecule has 26 heavy (non-hydrogen) atoms. The molecule has 0 spiro atoms. The van der Waals surface area contributed by atoms with Gasteiger partial charge in [0.15, 0.2) is 5.69 Å². The molecule has 0 radical (unpaired) electrons. The zero-order chi connectivity index (χ0) is 18.5. The van der Waals surface area contributed by atoms with Crippen molar-refractivity contribution in [1.29, 1.82) is 0 Å². The smallest absolute Gasteiger partial charge is 0.274 e. The number of amides is 1. The van der Waals surface area contributed by atoms with Crippen LogP contribution in [-0.4, -0.2) is 46.8 Å². The zero-order valence-electron chi connectivity index (χ0n) is 15.7. The van der Waals surface area contributed by atoms with E-state index in [0.29, 0.717) is 29.6 Å². The maximum atomic E-state index is 12.7. The molecule has 3 rings (SSSR count). The zero-order valence-corrected chi connectivity index (χ0v) is 15.7. The number of benzene rings is 1. The lowest BCUT2D eigenvalue weighted by atomic mass is 10.1. The summed E-state index contributed by atoms with van der Waals surface area (Å²) in [6, 6.07) is 7.21. The van der Waals surface area contributed by atoms with E-state index in [1.165, 1.54) is 30.6 Å². The third-order valence-electron chi connectivity index (χ3n) is 4.76. The second kappa shape index (κ2) is 8.45. The van der Waals surface area contributed by atoms with Crippen molar-refractivity contribution in [1.82, 2.24) is 20.0 Å². The summed E-state index contributed by atoms with van der Waals surface area (Å²) < 4.78 is 1.42. The Morgan fingerprint density at radius 2 is 1.88 bits per heavy atom. The van der Waals surface area contributed by atoms with Gasteiger partial charge in [0.05, 0.1) is 5.39 Å². The quantitative estimate of drug-likeness (QED) is 0.773. The lowest BCUT2D eigenvalue weighted by molar-refractivity contribution is 0.0946. The number of carbonyl (C=O) groups is 1. The molecule has 0 aliphatic carbocycles. The first-order chi connectivity index (χ1) is 12.6. The molecule has 6 heteroatoms. The number of nitrogens with zero attached hydrogens (tertiary/aromatic N) is 3. The van der Waals surface area contributed by atoms with Crippen molar-refractivity contribution < 1.29 is 4.79 Å². The fourth-order valence-electron chi connectivity index (χ4n) is 3.47. The van der Waals surface area contributed by atoms with E-state index in [2.05, 4.69) is 15.3 Å². The van der Waals surface area contributed by atoms with Gasteiger partial charge in [0.2, 0.25) is 0 Å². The number of nitrogens with one attached hydrogen (secondary N) is 1. The number of hydrogen-bond donors (Lipinski definition) is 1. The highest BCUT2D eigenvalue weighted by Gasteiger charge is 2.17. The van der Waals surface area contributed by atoms with E-state index in [-0.39, 0.29) is 17.4 Å². The molecule has 1 aliphatic rings. The molecule has 0 saturated carbocycles. The minimum atomic E-state index is -0.208. The van der Waals surface area contributed by atoms with Crippen LogP contribution in [0.3, 0.4) is 0 Å². The van der Waals surface area contributed by atoms with Gasteiger partial charge in [0.25, 0.3) is 11.5 Å². The summed E-state index contributed by atoms with van der Waals surface area (Å²) in [4.78, 5) is 27.7. The predicted octanol–water partition coefficient (Wildman–Crippen LogP) is 2.27. The first-order valence-electron chi connectivity index (χ1n) is 9.56. The van der Waals surface area contributed by atoms with Gasteiger partial charge in [0, 0.05) is 18.5 Å². The maximum absolute atomic E-state index is 12.7. The van der Waals surface area contributed by atoms with E-state index in [9.17, 15) is 9.59 Å². The first kappa shape index (κ1) is 18.6. The second-order valence-corrected chi connectivity index (χ2v) is 7.43. The fourth-order valence-corrected chi connectivity index (χ4v) is 3.47. The van der Waals surface area contributed by atoms with Crippen LogP contribution in [0.4, 0.5) is 0 Å². The molecule has 2 heterocycles. The molecule has 140 valence electrons. The minimum Gasteiger partial charge on any atom is -0.351 e. The van der Waals surface area contributed by atoms with E-state index in [1.54, 1.807) is 12.1 Å². The van der Waals surface area contributed by atoms with Crippen molar-refractivity contribution in [2.45, 2.75) is 39.7 Å². The van der Waals surface area contributed by atoms with Crippen LogP contribution in [0.2, 0.25) is 0 Å². The van der Waals surface area contributed by atoms with Crippen LogP contribution in [0.25, 0.3) is 10.8 Å². The van der Waals surface area contributed by atoms with E-state index in [0.717, 1.165) is 13.0 Å². The van der Waals surface area contributed by atoms with E-state index >= 15 is 0 Å². The standard InChI is InChI=1S/C20H28N4O2/c1-15(2)14-24-20(26)17-9-4-3-8-16(17)18(22-24)19(25)21-10-7-13-23-11-5-6-12-23/h3-4,8-9,15H,5-7,10-14H2,1-2H3,(H,21,25). The molecule has 0 atom stereocenters. The lowest BCUT2D eigenvalue weighted by Crippen LogP contribution is -2.33.